The van der Waals surface area contributed by atoms with Gasteiger partial charge in [-0.3, -0.25) is 0 Å². The van der Waals surface area contributed by atoms with Crippen LogP contribution >= 0.6 is 11.6 Å². The summed E-state index contributed by atoms with van der Waals surface area (Å²) < 4.78 is 28.8. The van der Waals surface area contributed by atoms with Crippen LogP contribution in [0.3, 0.4) is 0 Å². The summed E-state index contributed by atoms with van der Waals surface area (Å²) in [7, 11) is -3.74. The summed E-state index contributed by atoms with van der Waals surface area (Å²) >= 11 is 6.03. The van der Waals surface area contributed by atoms with Gasteiger partial charge in [0, 0.05) is 23.5 Å². The van der Waals surface area contributed by atoms with Crippen molar-refractivity contribution in [1.29, 1.82) is 5.26 Å². The quantitative estimate of drug-likeness (QED) is 0.749. The predicted octanol–water partition coefficient (Wildman–Crippen LogP) is 4.29. The Kier molecular flexibility index (Phi) is 6.26. The topological polar surface area (TPSA) is 81.4 Å². The zero-order valence-corrected chi connectivity index (χ0v) is 18.5. The van der Waals surface area contributed by atoms with E-state index in [4.69, 9.17) is 16.9 Å². The van der Waals surface area contributed by atoms with Crippen LogP contribution in [0.4, 0.5) is 0 Å². The van der Waals surface area contributed by atoms with E-state index < -0.39 is 15.6 Å². The lowest BCUT2D eigenvalue weighted by atomic mass is 9.88. The zero-order valence-electron chi connectivity index (χ0n) is 17.0. The van der Waals surface area contributed by atoms with Crippen molar-refractivity contribution in [2.75, 3.05) is 0 Å². The fraction of sp³-hybridized carbons (Fsp3) is 0.500. The minimum atomic E-state index is -3.74. The van der Waals surface area contributed by atoms with Crippen molar-refractivity contribution in [1.82, 2.24) is 4.31 Å². The Labute approximate surface area is 178 Å². The number of allylic oxidation sites excluding steroid dienone is 4. The lowest BCUT2D eigenvalue weighted by Crippen LogP contribution is -2.45. The van der Waals surface area contributed by atoms with Crippen LogP contribution in [-0.4, -0.2) is 29.5 Å². The summed E-state index contributed by atoms with van der Waals surface area (Å²) in [5.74, 6) is -0.232. The number of rotatable bonds is 5. The van der Waals surface area contributed by atoms with Crippen molar-refractivity contribution in [2.24, 2.45) is 11.8 Å². The zero-order chi connectivity index (χ0) is 21.4. The van der Waals surface area contributed by atoms with Crippen LogP contribution in [-0.2, 0) is 16.6 Å². The second-order valence-electron chi connectivity index (χ2n) is 8.32. The fourth-order valence-corrected chi connectivity index (χ4v) is 6.22. The van der Waals surface area contributed by atoms with Crippen LogP contribution < -0.4 is 0 Å². The summed E-state index contributed by atoms with van der Waals surface area (Å²) in [6, 6.07) is 8.72. The molecule has 4 unspecified atom stereocenters. The van der Waals surface area contributed by atoms with Crippen LogP contribution in [0.5, 0.6) is 0 Å². The van der Waals surface area contributed by atoms with Crippen molar-refractivity contribution in [3.8, 4) is 6.07 Å². The molecule has 4 atom stereocenters. The SMILES string of the molecule is CC1CC(N(Cc2ccc(C#N)cc2)S(=O)(=O)C2=CC=C(Cl)CC2)C(C)C1(C)O. The lowest BCUT2D eigenvalue weighted by molar-refractivity contribution is -0.0138. The van der Waals surface area contributed by atoms with E-state index in [9.17, 15) is 13.5 Å². The molecule has 0 heterocycles. The van der Waals surface area contributed by atoms with Crippen LogP contribution in [0.1, 0.15) is 51.2 Å². The summed E-state index contributed by atoms with van der Waals surface area (Å²) in [5, 5.41) is 20.6. The van der Waals surface area contributed by atoms with Gasteiger partial charge in [0.05, 0.1) is 22.1 Å². The van der Waals surface area contributed by atoms with Gasteiger partial charge in [-0.15, -0.1) is 0 Å². The third kappa shape index (κ3) is 4.29. The van der Waals surface area contributed by atoms with E-state index in [1.165, 1.54) is 4.31 Å². The molecule has 0 aliphatic heterocycles. The van der Waals surface area contributed by atoms with Crippen molar-refractivity contribution in [3.63, 3.8) is 0 Å². The molecule has 0 aromatic heterocycles. The average Bonchev–Trinajstić information content (AvgIpc) is 2.89. The van der Waals surface area contributed by atoms with Crippen LogP contribution in [0, 0.1) is 23.2 Å². The van der Waals surface area contributed by atoms with Gasteiger partial charge in [-0.05, 0) is 62.0 Å². The minimum absolute atomic E-state index is 0.0177. The molecule has 1 N–H and O–H groups in total. The molecule has 29 heavy (non-hydrogen) atoms. The molecule has 0 bridgehead atoms. The number of hydrogen-bond donors (Lipinski definition) is 1. The van der Waals surface area contributed by atoms with Gasteiger partial charge in [0.15, 0.2) is 0 Å². The number of sulfonamides is 1. The van der Waals surface area contributed by atoms with Gasteiger partial charge in [0.25, 0.3) is 0 Å². The highest BCUT2D eigenvalue weighted by molar-refractivity contribution is 7.93. The monoisotopic (exact) mass is 434 g/mol. The van der Waals surface area contributed by atoms with Gasteiger partial charge in [-0.2, -0.15) is 9.57 Å². The van der Waals surface area contributed by atoms with Crippen molar-refractivity contribution in [3.05, 3.63) is 57.5 Å². The third-order valence-corrected chi connectivity index (χ3v) is 8.92. The van der Waals surface area contributed by atoms with Crippen molar-refractivity contribution < 1.29 is 13.5 Å². The minimum Gasteiger partial charge on any atom is -0.390 e. The normalized spacial score (nSPS) is 30.0. The second-order valence-corrected chi connectivity index (χ2v) is 10.8. The largest absolute Gasteiger partial charge is 0.390 e. The maximum atomic E-state index is 13.6. The standard InChI is InChI=1S/C22H27ClN2O3S/c1-15-12-21(16(2)22(15,3)26)25(14-18-6-4-17(13-24)5-7-18)29(27,28)20-10-8-19(23)9-11-20/h4-8,10,15-16,21,26H,9,11-12,14H2,1-3H3. The molecule has 1 fully saturated rings. The molecule has 1 saturated carbocycles. The van der Waals surface area contributed by atoms with E-state index >= 15 is 0 Å². The average molecular weight is 435 g/mol. The van der Waals surface area contributed by atoms with Crippen LogP contribution in [0.25, 0.3) is 0 Å². The maximum absolute atomic E-state index is 13.6. The van der Waals surface area contributed by atoms with Gasteiger partial charge in [0.2, 0.25) is 10.0 Å². The highest BCUT2D eigenvalue weighted by Crippen LogP contribution is 2.44. The molecule has 2 aliphatic carbocycles. The Morgan fingerprint density at radius 2 is 1.90 bits per heavy atom. The molecule has 0 spiro atoms. The van der Waals surface area contributed by atoms with Crippen molar-refractivity contribution >= 4 is 21.6 Å². The van der Waals surface area contributed by atoms with E-state index in [1.54, 1.807) is 43.3 Å². The molecule has 2 aliphatic rings. The predicted molar refractivity (Wildman–Crippen MR) is 114 cm³/mol. The van der Waals surface area contributed by atoms with Gasteiger partial charge in [0.1, 0.15) is 0 Å². The first-order valence-electron chi connectivity index (χ1n) is 9.86. The molecular formula is C22H27ClN2O3S. The number of benzene rings is 1. The number of nitrogens with zero attached hydrogens (tertiary/aromatic N) is 2. The molecule has 0 saturated heterocycles. The Morgan fingerprint density at radius 3 is 2.38 bits per heavy atom. The Bertz CT molecular complexity index is 974. The van der Waals surface area contributed by atoms with Gasteiger partial charge < -0.3 is 5.11 Å². The third-order valence-electron chi connectivity index (χ3n) is 6.58. The second kappa shape index (κ2) is 8.23. The van der Waals surface area contributed by atoms with Crippen molar-refractivity contribution in [2.45, 2.75) is 58.2 Å². The first-order valence-corrected chi connectivity index (χ1v) is 11.7. The fourth-order valence-electron chi connectivity index (χ4n) is 4.21. The van der Waals surface area contributed by atoms with E-state index in [0.717, 1.165) is 5.56 Å². The van der Waals surface area contributed by atoms with Gasteiger partial charge >= 0.3 is 0 Å². The Balaban J connectivity index is 2.01. The number of nitriles is 1. The first kappa shape index (κ1) is 22.0. The highest BCUT2D eigenvalue weighted by Gasteiger charge is 2.51. The number of hydrogen-bond acceptors (Lipinski definition) is 4. The number of halogens is 1. The molecule has 0 amide bonds. The molecule has 5 nitrogen and oxygen atoms in total. The first-order chi connectivity index (χ1) is 13.6. The highest BCUT2D eigenvalue weighted by atomic mass is 35.5. The molecule has 7 heteroatoms. The van der Waals surface area contributed by atoms with E-state index in [-0.39, 0.29) is 24.4 Å². The van der Waals surface area contributed by atoms with E-state index in [1.807, 2.05) is 13.8 Å². The van der Waals surface area contributed by atoms with E-state index in [0.29, 0.717) is 34.8 Å². The summed E-state index contributed by atoms with van der Waals surface area (Å²) in [4.78, 5) is 0.349. The summed E-state index contributed by atoms with van der Waals surface area (Å²) in [6.07, 6.45) is 4.70. The maximum Gasteiger partial charge on any atom is 0.239 e. The molecule has 156 valence electrons. The lowest BCUT2D eigenvalue weighted by Gasteiger charge is -2.35. The Morgan fingerprint density at radius 1 is 1.24 bits per heavy atom. The molecule has 1 aromatic carbocycles. The summed E-state index contributed by atoms with van der Waals surface area (Å²) in [6.45, 7) is 5.87. The molecular weight excluding hydrogens is 408 g/mol. The molecule has 0 radical (unpaired) electrons. The Hall–Kier alpha value is -1.65. The van der Waals surface area contributed by atoms with Gasteiger partial charge in [-0.1, -0.05) is 37.6 Å². The number of aliphatic hydroxyl groups is 1. The molecule has 1 aromatic rings. The van der Waals surface area contributed by atoms with Crippen LogP contribution in [0.15, 0.2) is 46.4 Å². The molecule has 3 rings (SSSR count). The van der Waals surface area contributed by atoms with Crippen LogP contribution in [0.2, 0.25) is 0 Å². The summed E-state index contributed by atoms with van der Waals surface area (Å²) in [5.41, 5.74) is 0.403. The smallest absolute Gasteiger partial charge is 0.239 e. The van der Waals surface area contributed by atoms with E-state index in [2.05, 4.69) is 6.07 Å². The van der Waals surface area contributed by atoms with Gasteiger partial charge in [-0.25, -0.2) is 8.42 Å².